The maximum Gasteiger partial charge on any atom is 0.226 e. The number of aryl methyl sites for hydroxylation is 1. The zero-order valence-corrected chi connectivity index (χ0v) is 11.8. The molecule has 5 nitrogen and oxygen atoms in total. The summed E-state index contributed by atoms with van der Waals surface area (Å²) in [5, 5.41) is 5.98. The molecule has 1 rings (SSSR count). The van der Waals surface area contributed by atoms with E-state index >= 15 is 0 Å². The molecule has 0 aliphatic rings. The second kappa shape index (κ2) is 6.54. The number of rotatable bonds is 7. The smallest absolute Gasteiger partial charge is 0.226 e. The predicted molar refractivity (Wildman–Crippen MR) is 72.1 cm³/mol. The SMILES string of the molecule is CCCn1ccnc1CNCC(C)(C)C(=O)NC. The van der Waals surface area contributed by atoms with Gasteiger partial charge in [-0.3, -0.25) is 4.79 Å². The molecule has 0 aromatic carbocycles. The maximum absolute atomic E-state index is 11.6. The highest BCUT2D eigenvalue weighted by Gasteiger charge is 2.25. The molecule has 0 radical (unpaired) electrons. The first-order chi connectivity index (χ1) is 8.51. The molecular weight excluding hydrogens is 228 g/mol. The summed E-state index contributed by atoms with van der Waals surface area (Å²) in [6.07, 6.45) is 4.90. The summed E-state index contributed by atoms with van der Waals surface area (Å²) in [7, 11) is 1.66. The minimum absolute atomic E-state index is 0.0481. The fourth-order valence-electron chi connectivity index (χ4n) is 1.86. The number of hydrogen-bond acceptors (Lipinski definition) is 3. The number of hydrogen-bond donors (Lipinski definition) is 2. The first-order valence-electron chi connectivity index (χ1n) is 6.44. The summed E-state index contributed by atoms with van der Waals surface area (Å²) in [5.41, 5.74) is -0.406. The lowest BCUT2D eigenvalue weighted by atomic mass is 9.92. The Kier molecular flexibility index (Phi) is 5.34. The molecule has 1 amide bonds. The van der Waals surface area contributed by atoms with Crippen LogP contribution in [0.15, 0.2) is 12.4 Å². The summed E-state index contributed by atoms with van der Waals surface area (Å²) < 4.78 is 2.14. The van der Waals surface area contributed by atoms with Crippen molar-refractivity contribution in [2.75, 3.05) is 13.6 Å². The van der Waals surface area contributed by atoms with E-state index in [-0.39, 0.29) is 5.91 Å². The minimum Gasteiger partial charge on any atom is -0.359 e. The summed E-state index contributed by atoms with van der Waals surface area (Å²) in [6, 6.07) is 0. The van der Waals surface area contributed by atoms with Crippen molar-refractivity contribution in [1.29, 1.82) is 0 Å². The zero-order valence-electron chi connectivity index (χ0n) is 11.8. The lowest BCUT2D eigenvalue weighted by Crippen LogP contribution is -2.42. The van der Waals surface area contributed by atoms with E-state index in [0.29, 0.717) is 13.1 Å². The Morgan fingerprint density at radius 3 is 2.83 bits per heavy atom. The molecule has 0 aliphatic carbocycles. The molecule has 0 aliphatic heterocycles. The average molecular weight is 252 g/mol. The van der Waals surface area contributed by atoms with Gasteiger partial charge in [0.15, 0.2) is 0 Å². The van der Waals surface area contributed by atoms with Gasteiger partial charge in [0.25, 0.3) is 0 Å². The van der Waals surface area contributed by atoms with Crippen molar-refractivity contribution < 1.29 is 4.79 Å². The number of carbonyl (C=O) groups excluding carboxylic acids is 1. The second-order valence-electron chi connectivity index (χ2n) is 5.10. The number of nitrogens with zero attached hydrogens (tertiary/aromatic N) is 2. The van der Waals surface area contributed by atoms with Crippen LogP contribution in [0, 0.1) is 5.41 Å². The van der Waals surface area contributed by atoms with Gasteiger partial charge in [-0.05, 0) is 20.3 Å². The number of carbonyl (C=O) groups is 1. The standard InChI is InChI=1S/C13H24N4O/c1-5-7-17-8-6-16-11(17)9-15-10-13(2,3)12(18)14-4/h6,8,15H,5,7,9-10H2,1-4H3,(H,14,18). The molecule has 1 aromatic rings. The van der Waals surface area contributed by atoms with Crippen molar-refractivity contribution in [3.8, 4) is 0 Å². The van der Waals surface area contributed by atoms with Crippen molar-refractivity contribution >= 4 is 5.91 Å². The molecular formula is C13H24N4O. The molecule has 2 N–H and O–H groups in total. The van der Waals surface area contributed by atoms with Crippen molar-refractivity contribution in [2.45, 2.75) is 40.3 Å². The third-order valence-electron chi connectivity index (χ3n) is 2.96. The van der Waals surface area contributed by atoms with Crippen molar-refractivity contribution in [1.82, 2.24) is 20.2 Å². The number of aromatic nitrogens is 2. The molecule has 0 saturated heterocycles. The zero-order chi connectivity index (χ0) is 13.6. The van der Waals surface area contributed by atoms with E-state index in [4.69, 9.17) is 0 Å². The van der Waals surface area contributed by atoms with Gasteiger partial charge in [-0.15, -0.1) is 0 Å². The van der Waals surface area contributed by atoms with Gasteiger partial charge < -0.3 is 15.2 Å². The third kappa shape index (κ3) is 3.84. The Labute approximate surface area is 109 Å². The van der Waals surface area contributed by atoms with Gasteiger partial charge in [-0.1, -0.05) is 6.92 Å². The van der Waals surface area contributed by atoms with Crippen LogP contribution in [-0.4, -0.2) is 29.1 Å². The van der Waals surface area contributed by atoms with Crippen LogP contribution in [0.5, 0.6) is 0 Å². The molecule has 5 heteroatoms. The van der Waals surface area contributed by atoms with Crippen molar-refractivity contribution in [3.05, 3.63) is 18.2 Å². The van der Waals surface area contributed by atoms with E-state index in [2.05, 4.69) is 27.1 Å². The summed E-state index contributed by atoms with van der Waals surface area (Å²) in [6.45, 7) is 8.30. The van der Waals surface area contributed by atoms with Gasteiger partial charge in [0.2, 0.25) is 5.91 Å². The molecule has 0 spiro atoms. The monoisotopic (exact) mass is 252 g/mol. The quantitative estimate of drug-likeness (QED) is 0.765. The fourth-order valence-corrected chi connectivity index (χ4v) is 1.86. The van der Waals surface area contributed by atoms with Crippen molar-refractivity contribution in [3.63, 3.8) is 0 Å². The fraction of sp³-hybridized carbons (Fsp3) is 0.692. The Bertz CT molecular complexity index is 384. The van der Waals surface area contributed by atoms with E-state index < -0.39 is 5.41 Å². The molecule has 18 heavy (non-hydrogen) atoms. The number of nitrogens with one attached hydrogen (secondary N) is 2. The van der Waals surface area contributed by atoms with Gasteiger partial charge >= 0.3 is 0 Å². The van der Waals surface area contributed by atoms with Crippen LogP contribution in [0.25, 0.3) is 0 Å². The van der Waals surface area contributed by atoms with Crippen LogP contribution >= 0.6 is 0 Å². The normalized spacial score (nSPS) is 11.6. The van der Waals surface area contributed by atoms with E-state index in [1.165, 1.54) is 0 Å². The summed E-state index contributed by atoms with van der Waals surface area (Å²) in [5.74, 6) is 1.07. The van der Waals surface area contributed by atoms with Gasteiger partial charge in [0.05, 0.1) is 12.0 Å². The van der Waals surface area contributed by atoms with E-state index in [9.17, 15) is 4.79 Å². The molecule has 102 valence electrons. The van der Waals surface area contributed by atoms with Gasteiger partial charge in [-0.2, -0.15) is 0 Å². The summed E-state index contributed by atoms with van der Waals surface area (Å²) in [4.78, 5) is 15.9. The molecule has 1 aromatic heterocycles. The lowest BCUT2D eigenvalue weighted by molar-refractivity contribution is -0.128. The molecule has 1 heterocycles. The molecule has 0 bridgehead atoms. The Morgan fingerprint density at radius 2 is 2.22 bits per heavy atom. The second-order valence-corrected chi connectivity index (χ2v) is 5.10. The first kappa shape index (κ1) is 14.7. The van der Waals surface area contributed by atoms with Gasteiger partial charge in [0, 0.05) is 32.5 Å². The molecule has 0 fully saturated rings. The largest absolute Gasteiger partial charge is 0.359 e. The van der Waals surface area contributed by atoms with Crippen LogP contribution in [-0.2, 0) is 17.9 Å². The predicted octanol–water partition coefficient (Wildman–Crippen LogP) is 1.15. The highest BCUT2D eigenvalue weighted by atomic mass is 16.2. The maximum atomic E-state index is 11.6. The number of amides is 1. The lowest BCUT2D eigenvalue weighted by Gasteiger charge is -2.22. The first-order valence-corrected chi connectivity index (χ1v) is 6.44. The van der Waals surface area contributed by atoms with Crippen molar-refractivity contribution in [2.24, 2.45) is 5.41 Å². The van der Waals surface area contributed by atoms with E-state index in [0.717, 1.165) is 18.8 Å². The van der Waals surface area contributed by atoms with Crippen LogP contribution < -0.4 is 10.6 Å². The van der Waals surface area contributed by atoms with Crippen LogP contribution in [0.4, 0.5) is 0 Å². The Hall–Kier alpha value is -1.36. The molecule has 0 atom stereocenters. The number of imidazole rings is 1. The van der Waals surface area contributed by atoms with Gasteiger partial charge in [-0.25, -0.2) is 4.98 Å². The average Bonchev–Trinajstić information content (AvgIpc) is 2.76. The summed E-state index contributed by atoms with van der Waals surface area (Å²) >= 11 is 0. The van der Waals surface area contributed by atoms with E-state index in [1.54, 1.807) is 7.05 Å². The minimum atomic E-state index is -0.406. The Morgan fingerprint density at radius 1 is 1.50 bits per heavy atom. The topological polar surface area (TPSA) is 59.0 Å². The highest BCUT2D eigenvalue weighted by molar-refractivity contribution is 5.81. The van der Waals surface area contributed by atoms with Crippen LogP contribution in [0.3, 0.4) is 0 Å². The molecule has 0 unspecified atom stereocenters. The highest BCUT2D eigenvalue weighted by Crippen LogP contribution is 2.13. The molecule has 0 saturated carbocycles. The Balaban J connectivity index is 2.46. The van der Waals surface area contributed by atoms with E-state index in [1.807, 2.05) is 26.2 Å². The van der Waals surface area contributed by atoms with Crippen LogP contribution in [0.2, 0.25) is 0 Å². The van der Waals surface area contributed by atoms with Crippen LogP contribution in [0.1, 0.15) is 33.0 Å². The van der Waals surface area contributed by atoms with Gasteiger partial charge in [0.1, 0.15) is 5.82 Å². The third-order valence-corrected chi connectivity index (χ3v) is 2.96.